The smallest absolute Gasteiger partial charge is 0.298 e. The summed E-state index contributed by atoms with van der Waals surface area (Å²) in [6.45, 7) is 0.364. The van der Waals surface area contributed by atoms with Gasteiger partial charge in [0, 0.05) is 36.6 Å². The Labute approximate surface area is 168 Å². The second kappa shape index (κ2) is 8.06. The minimum absolute atomic E-state index is 0.0642. The zero-order valence-corrected chi connectivity index (χ0v) is 15.7. The summed E-state index contributed by atoms with van der Waals surface area (Å²) >= 11 is 0. The number of carbonyl (C=O) groups is 1. The number of nitrogens with zero attached hydrogens (tertiary/aromatic N) is 2. The van der Waals surface area contributed by atoms with Crippen molar-refractivity contribution in [3.05, 3.63) is 76.1 Å². The lowest BCUT2D eigenvalue weighted by Gasteiger charge is -2.26. The SMILES string of the molecule is CN1C/C(=C\c2ccncc2)C(=O)/C(=C/c2ccc(C(F)(F)F)cc2C(F)(F)F)C1. The molecule has 3 rings (SSSR count). The summed E-state index contributed by atoms with van der Waals surface area (Å²) in [4.78, 5) is 18.4. The highest BCUT2D eigenvalue weighted by molar-refractivity contribution is 6.14. The molecule has 0 bridgehead atoms. The Morgan fingerprint density at radius 2 is 1.50 bits per heavy atom. The highest BCUT2D eigenvalue weighted by Gasteiger charge is 2.38. The maximum atomic E-state index is 13.4. The van der Waals surface area contributed by atoms with Crippen LogP contribution < -0.4 is 0 Å². The first-order valence-corrected chi connectivity index (χ1v) is 8.78. The monoisotopic (exact) mass is 426 g/mol. The minimum atomic E-state index is -5.01. The first-order chi connectivity index (χ1) is 13.9. The molecule has 9 heteroatoms. The molecule has 1 aromatic heterocycles. The van der Waals surface area contributed by atoms with Gasteiger partial charge in [-0.15, -0.1) is 0 Å². The molecule has 158 valence electrons. The van der Waals surface area contributed by atoms with E-state index in [1.165, 1.54) is 12.4 Å². The van der Waals surface area contributed by atoms with Crippen LogP contribution in [-0.4, -0.2) is 35.8 Å². The van der Waals surface area contributed by atoms with Crippen LogP contribution in [-0.2, 0) is 17.1 Å². The van der Waals surface area contributed by atoms with Crippen molar-refractivity contribution >= 4 is 17.9 Å². The van der Waals surface area contributed by atoms with Crippen molar-refractivity contribution in [1.29, 1.82) is 0 Å². The number of hydrogen-bond donors (Lipinski definition) is 0. The average molecular weight is 426 g/mol. The molecule has 30 heavy (non-hydrogen) atoms. The number of pyridine rings is 1. The predicted octanol–water partition coefficient (Wildman–Crippen LogP) is 5.10. The summed E-state index contributed by atoms with van der Waals surface area (Å²) in [6, 6.07) is 4.74. The molecule has 0 radical (unpaired) electrons. The zero-order valence-electron chi connectivity index (χ0n) is 15.7. The standard InChI is InChI=1S/C21H16F6N2O/c1-29-11-15(8-13-4-6-28-7-5-13)19(30)16(12-29)9-14-2-3-17(20(22,23)24)10-18(14)21(25,26)27/h2-10H,11-12H2,1H3/b15-8+,16-9+. The van der Waals surface area contributed by atoms with E-state index in [1.54, 1.807) is 30.2 Å². The molecular formula is C21H16F6N2O. The predicted molar refractivity (Wildman–Crippen MR) is 99.1 cm³/mol. The van der Waals surface area contributed by atoms with E-state index in [2.05, 4.69) is 4.98 Å². The molecule has 1 fully saturated rings. The van der Waals surface area contributed by atoms with Crippen molar-refractivity contribution in [1.82, 2.24) is 9.88 Å². The second-order valence-electron chi connectivity index (χ2n) is 6.92. The number of ketones is 1. The van der Waals surface area contributed by atoms with Crippen LogP contribution in [0.2, 0.25) is 0 Å². The number of aromatic nitrogens is 1. The molecule has 1 aromatic carbocycles. The van der Waals surface area contributed by atoms with Gasteiger partial charge < -0.3 is 0 Å². The highest BCUT2D eigenvalue weighted by atomic mass is 19.4. The maximum Gasteiger partial charge on any atom is 0.417 e. The third-order valence-electron chi connectivity index (χ3n) is 4.53. The average Bonchev–Trinajstić information content (AvgIpc) is 2.65. The van der Waals surface area contributed by atoms with E-state index in [-0.39, 0.29) is 24.7 Å². The van der Waals surface area contributed by atoms with E-state index >= 15 is 0 Å². The van der Waals surface area contributed by atoms with Gasteiger partial charge in [0.1, 0.15) is 0 Å². The molecular weight excluding hydrogens is 410 g/mol. The molecule has 1 aliphatic rings. The number of piperidine rings is 1. The van der Waals surface area contributed by atoms with Crippen molar-refractivity contribution in [2.24, 2.45) is 0 Å². The highest BCUT2D eigenvalue weighted by Crippen LogP contribution is 2.38. The van der Waals surface area contributed by atoms with Crippen LogP contribution in [0.15, 0.2) is 53.9 Å². The van der Waals surface area contributed by atoms with Crippen LogP contribution in [0.1, 0.15) is 22.3 Å². The van der Waals surface area contributed by atoms with Gasteiger partial charge in [0.25, 0.3) is 0 Å². The Morgan fingerprint density at radius 3 is 2.07 bits per heavy atom. The fraction of sp³-hybridized carbons (Fsp3) is 0.238. The van der Waals surface area contributed by atoms with Gasteiger partial charge >= 0.3 is 12.4 Å². The van der Waals surface area contributed by atoms with Crippen molar-refractivity contribution in [2.75, 3.05) is 20.1 Å². The van der Waals surface area contributed by atoms with Gasteiger partial charge in [-0.2, -0.15) is 26.3 Å². The number of rotatable bonds is 2. The number of halogens is 6. The largest absolute Gasteiger partial charge is 0.417 e. The van der Waals surface area contributed by atoms with Crippen molar-refractivity contribution in [3.63, 3.8) is 0 Å². The lowest BCUT2D eigenvalue weighted by atomic mass is 9.93. The van der Waals surface area contributed by atoms with Gasteiger partial charge in [0.15, 0.2) is 5.78 Å². The molecule has 0 aliphatic carbocycles. The summed E-state index contributed by atoms with van der Waals surface area (Å²) in [7, 11) is 1.69. The van der Waals surface area contributed by atoms with E-state index in [0.717, 1.165) is 12.1 Å². The molecule has 2 aromatic rings. The van der Waals surface area contributed by atoms with E-state index in [4.69, 9.17) is 0 Å². The van der Waals surface area contributed by atoms with E-state index < -0.39 is 34.8 Å². The number of Topliss-reactive ketones (excluding diaryl/α,β-unsaturated/α-hetero) is 1. The first kappa shape index (κ1) is 21.8. The van der Waals surface area contributed by atoms with E-state index in [9.17, 15) is 31.1 Å². The summed E-state index contributed by atoms with van der Waals surface area (Å²) in [6.07, 6.45) is -4.21. The normalized spacial score (nSPS) is 19.0. The summed E-state index contributed by atoms with van der Waals surface area (Å²) in [5.74, 6) is -0.446. The Hall–Kier alpha value is -2.94. The summed E-state index contributed by atoms with van der Waals surface area (Å²) in [5, 5.41) is 0. The van der Waals surface area contributed by atoms with Crippen molar-refractivity contribution in [2.45, 2.75) is 12.4 Å². The minimum Gasteiger partial charge on any atom is -0.298 e. The number of carbonyl (C=O) groups excluding carboxylic acids is 1. The van der Waals surface area contributed by atoms with E-state index in [0.29, 0.717) is 17.2 Å². The van der Waals surface area contributed by atoms with Gasteiger partial charge in [-0.1, -0.05) is 6.07 Å². The topological polar surface area (TPSA) is 33.2 Å². The number of likely N-dealkylation sites (tertiary alicyclic amines) is 1. The molecule has 0 saturated carbocycles. The van der Waals surface area contributed by atoms with Gasteiger partial charge in [-0.3, -0.25) is 14.7 Å². The van der Waals surface area contributed by atoms with Gasteiger partial charge in [-0.05, 0) is 54.6 Å². The second-order valence-corrected chi connectivity index (χ2v) is 6.92. The van der Waals surface area contributed by atoms with Gasteiger partial charge in [0.2, 0.25) is 0 Å². The molecule has 0 amide bonds. The van der Waals surface area contributed by atoms with Crippen LogP contribution in [0.25, 0.3) is 12.2 Å². The van der Waals surface area contributed by atoms with Gasteiger partial charge in [-0.25, -0.2) is 0 Å². The fourth-order valence-corrected chi connectivity index (χ4v) is 3.16. The molecule has 0 spiro atoms. The quantitative estimate of drug-likeness (QED) is 0.495. The fourth-order valence-electron chi connectivity index (χ4n) is 3.16. The molecule has 0 unspecified atom stereocenters. The third kappa shape index (κ3) is 4.96. The van der Waals surface area contributed by atoms with Crippen LogP contribution in [0.4, 0.5) is 26.3 Å². The number of likely N-dealkylation sites (N-methyl/N-ethyl adjacent to an activating group) is 1. The van der Waals surface area contributed by atoms with Crippen molar-refractivity contribution in [3.8, 4) is 0 Å². The van der Waals surface area contributed by atoms with Crippen LogP contribution in [0, 0.1) is 0 Å². The number of alkyl halides is 6. The maximum absolute atomic E-state index is 13.4. The first-order valence-electron chi connectivity index (χ1n) is 8.78. The lowest BCUT2D eigenvalue weighted by molar-refractivity contribution is -0.143. The summed E-state index contributed by atoms with van der Waals surface area (Å²) in [5.41, 5.74) is -2.20. The molecule has 0 atom stereocenters. The molecule has 1 aliphatic heterocycles. The number of benzene rings is 1. The number of hydrogen-bond acceptors (Lipinski definition) is 3. The van der Waals surface area contributed by atoms with Crippen molar-refractivity contribution < 1.29 is 31.1 Å². The zero-order chi connectivity index (χ0) is 22.1. The van der Waals surface area contributed by atoms with Crippen LogP contribution >= 0.6 is 0 Å². The van der Waals surface area contributed by atoms with Crippen LogP contribution in [0.5, 0.6) is 0 Å². The molecule has 3 nitrogen and oxygen atoms in total. The molecule has 1 saturated heterocycles. The third-order valence-corrected chi connectivity index (χ3v) is 4.53. The Balaban J connectivity index is 2.05. The molecule has 2 heterocycles. The lowest BCUT2D eigenvalue weighted by Crippen LogP contribution is -2.34. The van der Waals surface area contributed by atoms with Crippen LogP contribution in [0.3, 0.4) is 0 Å². The summed E-state index contributed by atoms with van der Waals surface area (Å²) < 4.78 is 78.8. The van der Waals surface area contributed by atoms with Gasteiger partial charge in [0.05, 0.1) is 11.1 Å². The Kier molecular flexibility index (Phi) is 5.85. The Bertz CT molecular complexity index is 1010. The molecule has 0 N–H and O–H groups in total. The Morgan fingerprint density at radius 1 is 0.900 bits per heavy atom. The van der Waals surface area contributed by atoms with E-state index in [1.807, 2.05) is 0 Å².